The Morgan fingerprint density at radius 1 is 1.30 bits per heavy atom. The minimum absolute atomic E-state index is 0.00241. The van der Waals surface area contributed by atoms with Crippen molar-refractivity contribution in [2.24, 2.45) is 0 Å². The van der Waals surface area contributed by atoms with E-state index in [9.17, 15) is 14.5 Å². The van der Waals surface area contributed by atoms with Crippen LogP contribution in [-0.4, -0.2) is 74.1 Å². The Hall–Kier alpha value is -3.43. The minimum Gasteiger partial charge on any atom is -0.476 e. The number of hydrogen-bond donors (Lipinski definition) is 3. The van der Waals surface area contributed by atoms with Gasteiger partial charge in [-0.3, -0.25) is 13.9 Å². The third-order valence-corrected chi connectivity index (χ3v) is 8.85. The number of benzene rings is 1. The van der Waals surface area contributed by atoms with Crippen molar-refractivity contribution in [2.75, 3.05) is 18.9 Å². The Bertz CT molecular complexity index is 1500. The quantitative estimate of drug-likeness (QED) is 0.192. The maximum Gasteiger partial charge on any atom is 0.459 e. The average Bonchev–Trinajstić information content (AvgIpc) is 3.65. The molecule has 240 valence electrons. The Morgan fingerprint density at radius 2 is 2.02 bits per heavy atom. The zero-order valence-electron chi connectivity index (χ0n) is 24.2. The van der Waals surface area contributed by atoms with Gasteiger partial charge in [0.25, 0.3) is 5.85 Å². The van der Waals surface area contributed by atoms with E-state index in [4.69, 9.17) is 29.0 Å². The maximum atomic E-state index is 16.3. The van der Waals surface area contributed by atoms with Crippen molar-refractivity contribution in [1.29, 1.82) is 0 Å². The summed E-state index contributed by atoms with van der Waals surface area (Å²) in [5, 5.41) is 13.0. The molecule has 0 radical (unpaired) electrons. The van der Waals surface area contributed by atoms with Crippen LogP contribution in [0.15, 0.2) is 36.7 Å². The van der Waals surface area contributed by atoms with Crippen LogP contribution in [0.4, 0.5) is 14.7 Å². The van der Waals surface area contributed by atoms with Gasteiger partial charge < -0.3 is 29.6 Å². The van der Waals surface area contributed by atoms with Gasteiger partial charge in [0.05, 0.1) is 12.9 Å². The molecule has 3 heterocycles. The fraction of sp³-hybridized carbons (Fsp3) is 0.556. The summed E-state index contributed by atoms with van der Waals surface area (Å²) in [6, 6.07) is 6.69. The molecule has 2 aliphatic rings. The van der Waals surface area contributed by atoms with Gasteiger partial charge in [-0.25, -0.2) is 18.3 Å². The maximum absolute atomic E-state index is 16.3. The van der Waals surface area contributed by atoms with E-state index in [2.05, 4.69) is 20.0 Å². The molecule has 2 aromatic heterocycles. The second kappa shape index (κ2) is 13.3. The van der Waals surface area contributed by atoms with E-state index < -0.39 is 57.1 Å². The van der Waals surface area contributed by atoms with E-state index in [1.165, 1.54) is 19.1 Å². The smallest absolute Gasteiger partial charge is 0.459 e. The van der Waals surface area contributed by atoms with Gasteiger partial charge >= 0.3 is 13.7 Å². The molecule has 0 amide bonds. The highest BCUT2D eigenvalue weighted by molar-refractivity contribution is 7.52. The van der Waals surface area contributed by atoms with Crippen LogP contribution in [0.2, 0.25) is 0 Å². The van der Waals surface area contributed by atoms with Crippen LogP contribution < -0.4 is 20.1 Å². The molecular weight excluding hydrogens is 605 g/mol. The molecule has 44 heavy (non-hydrogen) atoms. The first-order valence-corrected chi connectivity index (χ1v) is 15.8. The van der Waals surface area contributed by atoms with Crippen LogP contribution >= 0.6 is 7.75 Å². The summed E-state index contributed by atoms with van der Waals surface area (Å²) in [7, 11) is -4.54. The van der Waals surface area contributed by atoms with Crippen molar-refractivity contribution in [3.63, 3.8) is 0 Å². The number of carbonyl (C=O) groups excluding carboxylic acids is 1. The summed E-state index contributed by atoms with van der Waals surface area (Å²) >= 11 is 0. The summed E-state index contributed by atoms with van der Waals surface area (Å²) in [5.74, 6) is -3.85. The van der Waals surface area contributed by atoms with Crippen LogP contribution in [0.5, 0.6) is 11.6 Å². The number of ether oxygens (including phenoxy) is 3. The minimum atomic E-state index is -4.54. The lowest BCUT2D eigenvalue weighted by Gasteiger charge is -2.41. The molecule has 4 N–H and O–H groups in total. The number of imidazole rings is 1. The average molecular weight is 641 g/mol. The number of nitrogen functional groups attached to an aromatic ring is 1. The van der Waals surface area contributed by atoms with Crippen molar-refractivity contribution >= 4 is 30.8 Å². The molecule has 3 aromatic rings. The van der Waals surface area contributed by atoms with E-state index in [0.29, 0.717) is 0 Å². The molecule has 1 saturated carbocycles. The number of nitrogens with two attached hydrogens (primary N) is 1. The van der Waals surface area contributed by atoms with Crippen LogP contribution in [0.1, 0.15) is 52.2 Å². The number of hydrogen-bond acceptors (Lipinski definition) is 12. The molecule has 1 aliphatic heterocycles. The second-order valence-corrected chi connectivity index (χ2v) is 12.3. The van der Waals surface area contributed by atoms with Crippen molar-refractivity contribution < 1.29 is 46.5 Å². The lowest BCUT2D eigenvalue weighted by atomic mass is 10.0. The molecule has 1 aromatic carbocycles. The summed E-state index contributed by atoms with van der Waals surface area (Å²) in [5.41, 5.74) is 5.92. The number of fused-ring (bicyclic) bond motifs is 1. The van der Waals surface area contributed by atoms with Gasteiger partial charge in [0.2, 0.25) is 11.8 Å². The Labute approximate surface area is 251 Å². The predicted octanol–water partition coefficient (Wildman–Crippen LogP) is 3.76. The van der Waals surface area contributed by atoms with E-state index in [1.54, 1.807) is 25.1 Å². The van der Waals surface area contributed by atoms with Crippen LogP contribution in [0, 0.1) is 0 Å². The van der Waals surface area contributed by atoms with Crippen LogP contribution in [0.3, 0.4) is 0 Å². The van der Waals surface area contributed by atoms with Crippen molar-refractivity contribution in [3.05, 3.63) is 36.7 Å². The first-order valence-electron chi connectivity index (χ1n) is 14.3. The highest BCUT2D eigenvalue weighted by Gasteiger charge is 2.52. The molecule has 5 rings (SSSR count). The van der Waals surface area contributed by atoms with E-state index in [0.717, 1.165) is 36.6 Å². The largest absolute Gasteiger partial charge is 0.476 e. The van der Waals surface area contributed by atoms with Crippen molar-refractivity contribution in [3.8, 4) is 11.6 Å². The van der Waals surface area contributed by atoms with Gasteiger partial charge in [-0.1, -0.05) is 18.2 Å². The van der Waals surface area contributed by atoms with Gasteiger partial charge in [-0.05, 0) is 51.7 Å². The van der Waals surface area contributed by atoms with Gasteiger partial charge in [0.1, 0.15) is 36.8 Å². The predicted molar refractivity (Wildman–Crippen MR) is 152 cm³/mol. The molecule has 2 unspecified atom stereocenters. The highest BCUT2D eigenvalue weighted by Crippen LogP contribution is 2.48. The monoisotopic (exact) mass is 640 g/mol. The van der Waals surface area contributed by atoms with Crippen molar-refractivity contribution in [2.45, 2.75) is 82.5 Å². The van der Waals surface area contributed by atoms with E-state index in [1.807, 2.05) is 0 Å². The summed E-state index contributed by atoms with van der Waals surface area (Å²) in [4.78, 5) is 24.9. The van der Waals surface area contributed by atoms with Gasteiger partial charge in [-0.15, -0.1) is 0 Å². The Kier molecular flexibility index (Phi) is 9.65. The number of para-hydroxylation sites is 1. The molecule has 17 heteroatoms. The normalized spacial score (nSPS) is 26.2. The van der Waals surface area contributed by atoms with Crippen molar-refractivity contribution in [1.82, 2.24) is 24.6 Å². The van der Waals surface area contributed by atoms with Gasteiger partial charge in [-0.2, -0.15) is 15.1 Å². The van der Waals surface area contributed by atoms with Crippen LogP contribution in [-0.2, 0) is 23.4 Å². The standard InChI is InChI=1S/C27H35F2N6O8P/c1-3-39-23-21-22(32-26(30)33-23)35(15-31-21)24-19(28)13-20(36)27(29,42-24)14-40-44(38,43-18-11-5-4-6-12-18)34-16(2)25(37)41-17-9-7-8-10-17/h4-6,11-12,15-17,19-20,24,36H,3,7-10,13-14H2,1-2H3,(H,34,38)(H2,30,32,33)/t16-,19?,20-,24+,27+,44?/m0/s1. The van der Waals surface area contributed by atoms with Gasteiger partial charge in [0, 0.05) is 6.42 Å². The van der Waals surface area contributed by atoms with Crippen LogP contribution in [0.25, 0.3) is 11.2 Å². The summed E-state index contributed by atoms with van der Waals surface area (Å²) in [6.07, 6.45) is -2.15. The number of anilines is 1. The summed E-state index contributed by atoms with van der Waals surface area (Å²) in [6.45, 7) is 2.18. The lowest BCUT2D eigenvalue weighted by molar-refractivity contribution is -0.303. The lowest BCUT2D eigenvalue weighted by Crippen LogP contribution is -2.53. The molecule has 0 bridgehead atoms. The number of alkyl halides is 2. The molecule has 0 spiro atoms. The molecular formula is C27H35F2N6O8P. The number of carbonyl (C=O) groups is 1. The number of nitrogens with zero attached hydrogens (tertiary/aromatic N) is 4. The number of aliphatic hydroxyl groups excluding tert-OH is 1. The van der Waals surface area contributed by atoms with E-state index in [-0.39, 0.29) is 41.5 Å². The zero-order valence-corrected chi connectivity index (χ0v) is 25.1. The molecule has 1 saturated heterocycles. The van der Waals surface area contributed by atoms with E-state index >= 15 is 8.78 Å². The fourth-order valence-corrected chi connectivity index (χ4v) is 6.50. The molecule has 6 atom stereocenters. The number of aromatic nitrogens is 4. The number of esters is 1. The fourth-order valence-electron chi connectivity index (χ4n) is 5.00. The third-order valence-electron chi connectivity index (χ3n) is 7.22. The molecule has 1 aliphatic carbocycles. The number of nitrogens with one attached hydrogen (secondary N) is 1. The highest BCUT2D eigenvalue weighted by atomic mass is 31.2. The topological polar surface area (TPSA) is 182 Å². The molecule has 2 fully saturated rings. The first kappa shape index (κ1) is 32.0. The first-order chi connectivity index (χ1) is 21.0. The number of halogens is 2. The Balaban J connectivity index is 1.36. The second-order valence-electron chi connectivity index (χ2n) is 10.6. The SMILES string of the molecule is CCOc1nc(N)nc2c1ncn2[C@@H]1O[C@](F)(COP(=O)(N[C@@H](C)C(=O)OC2CCCC2)Oc2ccccc2)[C@@H](O)CC1F. The Morgan fingerprint density at radius 3 is 2.73 bits per heavy atom. The van der Waals surface area contributed by atoms with Gasteiger partial charge in [0.15, 0.2) is 17.4 Å². The summed E-state index contributed by atoms with van der Waals surface area (Å²) < 4.78 is 74.0. The number of aliphatic hydroxyl groups is 1. The zero-order chi connectivity index (χ0) is 31.5. The third kappa shape index (κ3) is 7.10. The molecule has 14 nitrogen and oxygen atoms in total. The number of rotatable bonds is 12.